The number of halogens is 1. The Hall–Kier alpha value is -2.13. The summed E-state index contributed by atoms with van der Waals surface area (Å²) >= 11 is 0. The van der Waals surface area contributed by atoms with Gasteiger partial charge < -0.3 is 18.9 Å². The maximum atomic E-state index is 14.1. The van der Waals surface area contributed by atoms with Crippen LogP contribution in [-0.4, -0.2) is 58.9 Å². The molecule has 0 saturated carbocycles. The lowest BCUT2D eigenvalue weighted by Crippen LogP contribution is -2.62. The number of ether oxygens (including phenoxy) is 4. The van der Waals surface area contributed by atoms with E-state index < -0.39 is 5.79 Å². The van der Waals surface area contributed by atoms with E-state index in [0.29, 0.717) is 29.8 Å². The van der Waals surface area contributed by atoms with E-state index in [2.05, 4.69) is 16.9 Å². The first kappa shape index (κ1) is 21.1. The third-order valence-corrected chi connectivity index (χ3v) is 5.73. The first-order valence-corrected chi connectivity index (χ1v) is 10.1. The molecule has 2 aliphatic heterocycles. The van der Waals surface area contributed by atoms with Crippen molar-refractivity contribution < 1.29 is 23.3 Å². The van der Waals surface area contributed by atoms with Gasteiger partial charge in [0.25, 0.3) is 0 Å². The minimum absolute atomic E-state index is 0.225. The topological polar surface area (TPSA) is 67.6 Å². The van der Waals surface area contributed by atoms with Crippen molar-refractivity contribution in [1.29, 1.82) is 0 Å². The van der Waals surface area contributed by atoms with E-state index in [-0.39, 0.29) is 36.3 Å². The molecule has 8 heteroatoms. The van der Waals surface area contributed by atoms with Crippen molar-refractivity contribution >= 4 is 0 Å². The van der Waals surface area contributed by atoms with Gasteiger partial charge in [0.2, 0.25) is 0 Å². The van der Waals surface area contributed by atoms with Gasteiger partial charge in [-0.3, -0.25) is 0 Å². The lowest BCUT2D eigenvalue weighted by atomic mass is 9.90. The van der Waals surface area contributed by atoms with Crippen molar-refractivity contribution in [3.63, 3.8) is 0 Å². The summed E-state index contributed by atoms with van der Waals surface area (Å²) in [5.74, 6) is -1.03. The number of benzene rings is 1. The van der Waals surface area contributed by atoms with Crippen molar-refractivity contribution in [1.82, 2.24) is 15.0 Å². The van der Waals surface area contributed by atoms with Gasteiger partial charge in [-0.2, -0.15) is 0 Å². The highest BCUT2D eigenvalue weighted by atomic mass is 19.1. The zero-order valence-corrected chi connectivity index (χ0v) is 17.7. The van der Waals surface area contributed by atoms with Crippen molar-refractivity contribution in [2.45, 2.75) is 63.4 Å². The number of aromatic nitrogens is 3. The molecule has 0 N–H and O–H groups in total. The molecule has 0 unspecified atom stereocenters. The van der Waals surface area contributed by atoms with E-state index in [1.807, 2.05) is 26.0 Å². The predicted octanol–water partition coefficient (Wildman–Crippen LogP) is 3.44. The van der Waals surface area contributed by atoms with Gasteiger partial charge in [-0.05, 0) is 38.8 Å². The Kier molecular flexibility index (Phi) is 5.76. The lowest BCUT2D eigenvalue weighted by molar-refractivity contribution is -0.349. The van der Waals surface area contributed by atoms with Crippen molar-refractivity contribution in [2.24, 2.45) is 0 Å². The smallest absolute Gasteiger partial charge is 0.163 e. The third-order valence-electron chi connectivity index (χ3n) is 5.73. The van der Waals surface area contributed by atoms with E-state index in [4.69, 9.17) is 18.9 Å². The van der Waals surface area contributed by atoms with Gasteiger partial charge in [0, 0.05) is 12.7 Å². The predicted molar refractivity (Wildman–Crippen MR) is 108 cm³/mol. The zero-order valence-electron chi connectivity index (χ0n) is 17.7. The number of aryl methyl sites for hydroxylation is 1. The second kappa shape index (κ2) is 8.19. The van der Waals surface area contributed by atoms with Crippen molar-refractivity contribution in [3.05, 3.63) is 48.4 Å². The number of rotatable bonds is 5. The molecule has 3 heterocycles. The van der Waals surface area contributed by atoms with Crippen LogP contribution in [-0.2, 0) is 18.9 Å². The van der Waals surface area contributed by atoms with Gasteiger partial charge in [0.05, 0.1) is 18.9 Å². The summed E-state index contributed by atoms with van der Waals surface area (Å²) in [6.45, 7) is 9.72. The fourth-order valence-corrected chi connectivity index (χ4v) is 4.18. The van der Waals surface area contributed by atoms with Crippen LogP contribution in [0.15, 0.2) is 37.1 Å². The summed E-state index contributed by atoms with van der Waals surface area (Å²) in [6, 6.07) is 4.75. The van der Waals surface area contributed by atoms with Crippen molar-refractivity contribution in [3.8, 4) is 11.3 Å². The van der Waals surface area contributed by atoms with Crippen LogP contribution < -0.4 is 0 Å². The van der Waals surface area contributed by atoms with Gasteiger partial charge in [0.1, 0.15) is 35.9 Å². The average molecular weight is 417 g/mol. The van der Waals surface area contributed by atoms with E-state index in [0.717, 1.165) is 0 Å². The monoisotopic (exact) mass is 417 g/mol. The minimum Gasteiger partial charge on any atom is -0.376 e. The summed E-state index contributed by atoms with van der Waals surface area (Å²) in [4.78, 5) is 0. The molecule has 0 aliphatic carbocycles. The minimum atomic E-state index is -0.754. The fraction of sp³-hybridized carbons (Fsp3) is 0.545. The van der Waals surface area contributed by atoms with Gasteiger partial charge in [-0.25, -0.2) is 9.07 Å². The average Bonchev–Trinajstić information content (AvgIpc) is 3.19. The Morgan fingerprint density at radius 1 is 1.40 bits per heavy atom. The third kappa shape index (κ3) is 3.92. The summed E-state index contributed by atoms with van der Waals surface area (Å²) < 4.78 is 40.0. The molecule has 2 aliphatic rings. The Labute approximate surface area is 175 Å². The van der Waals surface area contributed by atoms with Crippen LogP contribution >= 0.6 is 0 Å². The van der Waals surface area contributed by atoms with Gasteiger partial charge in [-0.1, -0.05) is 23.4 Å². The Morgan fingerprint density at radius 3 is 2.90 bits per heavy atom. The lowest BCUT2D eigenvalue weighted by Gasteiger charge is -2.51. The van der Waals surface area contributed by atoms with Crippen LogP contribution in [0.5, 0.6) is 0 Å². The number of fused-ring (bicyclic) bond motifs is 1. The summed E-state index contributed by atoms with van der Waals surface area (Å²) in [5, 5.41) is 8.65. The van der Waals surface area contributed by atoms with Crippen LogP contribution in [0.4, 0.5) is 4.39 Å². The molecule has 5 atom stereocenters. The molecule has 1 aromatic heterocycles. The molecular formula is C22H28FN3O4. The molecule has 2 aromatic rings. The molecule has 1 aromatic carbocycles. The van der Waals surface area contributed by atoms with Crippen LogP contribution in [0.1, 0.15) is 31.9 Å². The molecule has 30 heavy (non-hydrogen) atoms. The Morgan fingerprint density at radius 2 is 2.20 bits per heavy atom. The highest BCUT2D eigenvalue weighted by Gasteiger charge is 2.52. The van der Waals surface area contributed by atoms with Gasteiger partial charge in [-0.15, -0.1) is 11.7 Å². The number of nitrogens with zero attached hydrogens (tertiary/aromatic N) is 3. The first-order chi connectivity index (χ1) is 14.3. The number of hydrogen-bond donors (Lipinski definition) is 0. The van der Waals surface area contributed by atoms with Crippen LogP contribution in [0.25, 0.3) is 11.3 Å². The second-order valence-electron chi connectivity index (χ2n) is 8.27. The first-order valence-electron chi connectivity index (χ1n) is 10.1. The fourth-order valence-electron chi connectivity index (χ4n) is 4.18. The molecule has 0 bridgehead atoms. The van der Waals surface area contributed by atoms with E-state index >= 15 is 0 Å². The highest BCUT2D eigenvalue weighted by molar-refractivity contribution is 5.58. The summed E-state index contributed by atoms with van der Waals surface area (Å²) in [5.41, 5.74) is 1.83. The van der Waals surface area contributed by atoms with E-state index in [1.54, 1.807) is 31.0 Å². The molecule has 7 nitrogen and oxygen atoms in total. The van der Waals surface area contributed by atoms with Gasteiger partial charge >= 0.3 is 0 Å². The van der Waals surface area contributed by atoms with Crippen LogP contribution in [0.2, 0.25) is 0 Å². The standard InChI is InChI=1S/C22H28FN3O4/c1-6-7-17-20(27-5)19(21-18(29-17)12-28-22(3,4)30-21)26-11-16(24-25-26)14-9-8-13(2)15(23)10-14/h6,8-11,17-21H,1,7,12H2,2-5H3/t17-,18-,19-,20+,21+/m1/s1. The van der Waals surface area contributed by atoms with Crippen LogP contribution in [0, 0.1) is 12.7 Å². The zero-order chi connectivity index (χ0) is 21.5. The highest BCUT2D eigenvalue weighted by Crippen LogP contribution is 2.40. The molecule has 0 radical (unpaired) electrons. The Bertz CT molecular complexity index is 916. The summed E-state index contributed by atoms with van der Waals surface area (Å²) in [6.07, 6.45) is 3.06. The molecule has 0 spiro atoms. The maximum Gasteiger partial charge on any atom is 0.163 e. The molecule has 0 amide bonds. The Balaban J connectivity index is 1.71. The summed E-state index contributed by atoms with van der Waals surface area (Å²) in [7, 11) is 1.65. The number of hydrogen-bond acceptors (Lipinski definition) is 6. The molecule has 4 rings (SSSR count). The van der Waals surface area contributed by atoms with E-state index in [9.17, 15) is 4.39 Å². The molecular weight excluding hydrogens is 389 g/mol. The van der Waals surface area contributed by atoms with Crippen molar-refractivity contribution in [2.75, 3.05) is 13.7 Å². The SMILES string of the molecule is C=CC[C@H]1O[C@@H]2COC(C)(C)O[C@@H]2[C@H](n2cc(-c3ccc(C)c(F)c3)nn2)[C@H]1OC. The second-order valence-corrected chi connectivity index (χ2v) is 8.27. The number of methoxy groups -OCH3 is 1. The molecule has 2 fully saturated rings. The largest absolute Gasteiger partial charge is 0.376 e. The maximum absolute atomic E-state index is 14.1. The van der Waals surface area contributed by atoms with Crippen LogP contribution in [0.3, 0.4) is 0 Å². The normalized spacial score (nSPS) is 30.6. The van der Waals surface area contributed by atoms with E-state index in [1.165, 1.54) is 6.07 Å². The quantitative estimate of drug-likeness (QED) is 0.695. The van der Waals surface area contributed by atoms with Gasteiger partial charge in [0.15, 0.2) is 5.79 Å². The molecule has 162 valence electrons. The molecule has 2 saturated heterocycles.